The number of benzene rings is 1. The number of nitrogens with zero attached hydrogens (tertiary/aromatic N) is 2. The van der Waals surface area contributed by atoms with Crippen LogP contribution in [0, 0.1) is 10.1 Å². The van der Waals surface area contributed by atoms with Gasteiger partial charge in [-0.2, -0.15) is 0 Å². The number of imidazole rings is 1. The summed E-state index contributed by atoms with van der Waals surface area (Å²) in [7, 11) is 0. The maximum absolute atomic E-state index is 10.6. The summed E-state index contributed by atoms with van der Waals surface area (Å²) in [6, 6.07) is 5.79. The molecular formula is C10H7N3O4. The molecule has 1 aromatic carbocycles. The maximum atomic E-state index is 10.6. The minimum absolute atomic E-state index is 0.0634. The lowest BCUT2D eigenvalue weighted by Gasteiger charge is -1.96. The fraction of sp³-hybridized carbons (Fsp3) is 0. The van der Waals surface area contributed by atoms with Crippen molar-refractivity contribution >= 4 is 11.7 Å². The number of carboxylic acids is 1. The highest BCUT2D eigenvalue weighted by atomic mass is 16.6. The SMILES string of the molecule is O=C(O)c1cnc(-c2cccc([N+](=O)[O-])c2)[nH]1. The van der Waals surface area contributed by atoms with Crippen LogP contribution in [0.4, 0.5) is 5.69 Å². The van der Waals surface area contributed by atoms with E-state index in [4.69, 9.17) is 5.11 Å². The van der Waals surface area contributed by atoms with Crippen molar-refractivity contribution in [1.29, 1.82) is 0 Å². The molecule has 0 aliphatic rings. The van der Waals surface area contributed by atoms with Crippen LogP contribution in [-0.4, -0.2) is 26.0 Å². The van der Waals surface area contributed by atoms with Crippen LogP contribution in [-0.2, 0) is 0 Å². The lowest BCUT2D eigenvalue weighted by Crippen LogP contribution is -1.95. The molecule has 2 N–H and O–H groups in total. The molecule has 1 heterocycles. The Morgan fingerprint density at radius 2 is 2.24 bits per heavy atom. The number of carbonyl (C=O) groups is 1. The average Bonchev–Trinajstić information content (AvgIpc) is 2.78. The van der Waals surface area contributed by atoms with Crippen LogP contribution in [0.1, 0.15) is 10.5 Å². The number of aromatic nitrogens is 2. The van der Waals surface area contributed by atoms with Gasteiger partial charge in [-0.05, 0) is 0 Å². The summed E-state index contributed by atoms with van der Waals surface area (Å²) in [4.78, 5) is 27.1. The Bertz CT molecular complexity index is 591. The molecule has 7 nitrogen and oxygen atoms in total. The summed E-state index contributed by atoms with van der Waals surface area (Å²) in [5, 5.41) is 19.3. The van der Waals surface area contributed by atoms with Gasteiger partial charge in [0.1, 0.15) is 11.5 Å². The zero-order chi connectivity index (χ0) is 12.4. The topological polar surface area (TPSA) is 109 Å². The first-order valence-electron chi connectivity index (χ1n) is 4.61. The van der Waals surface area contributed by atoms with Crippen molar-refractivity contribution in [2.24, 2.45) is 0 Å². The first-order chi connectivity index (χ1) is 8.08. The van der Waals surface area contributed by atoms with Crippen molar-refractivity contribution < 1.29 is 14.8 Å². The lowest BCUT2D eigenvalue weighted by atomic mass is 10.2. The molecule has 0 aliphatic carbocycles. The van der Waals surface area contributed by atoms with Gasteiger partial charge in [-0.25, -0.2) is 9.78 Å². The van der Waals surface area contributed by atoms with Crippen LogP contribution >= 0.6 is 0 Å². The molecule has 2 rings (SSSR count). The zero-order valence-corrected chi connectivity index (χ0v) is 8.45. The summed E-state index contributed by atoms with van der Waals surface area (Å²) in [6.07, 6.45) is 1.16. The Morgan fingerprint density at radius 1 is 1.47 bits per heavy atom. The number of aromatic carboxylic acids is 1. The van der Waals surface area contributed by atoms with Crippen LogP contribution in [0.2, 0.25) is 0 Å². The highest BCUT2D eigenvalue weighted by Gasteiger charge is 2.11. The Kier molecular flexibility index (Phi) is 2.57. The van der Waals surface area contributed by atoms with Crippen molar-refractivity contribution in [3.05, 3.63) is 46.3 Å². The second-order valence-electron chi connectivity index (χ2n) is 3.26. The number of aromatic amines is 1. The Morgan fingerprint density at radius 3 is 2.82 bits per heavy atom. The molecule has 0 amide bonds. The van der Waals surface area contributed by atoms with E-state index in [0.717, 1.165) is 6.20 Å². The summed E-state index contributed by atoms with van der Waals surface area (Å²) >= 11 is 0. The van der Waals surface area contributed by atoms with E-state index in [1.807, 2.05) is 0 Å². The van der Waals surface area contributed by atoms with Gasteiger partial charge in [0.25, 0.3) is 5.69 Å². The molecule has 0 saturated heterocycles. The van der Waals surface area contributed by atoms with Crippen molar-refractivity contribution in [2.75, 3.05) is 0 Å². The molecular weight excluding hydrogens is 226 g/mol. The molecule has 0 spiro atoms. The number of nitrogens with one attached hydrogen (secondary N) is 1. The molecule has 17 heavy (non-hydrogen) atoms. The largest absolute Gasteiger partial charge is 0.477 e. The van der Waals surface area contributed by atoms with Gasteiger partial charge in [-0.3, -0.25) is 10.1 Å². The average molecular weight is 233 g/mol. The van der Waals surface area contributed by atoms with Crippen molar-refractivity contribution in [3.63, 3.8) is 0 Å². The fourth-order valence-electron chi connectivity index (χ4n) is 1.34. The van der Waals surface area contributed by atoms with Gasteiger partial charge in [0, 0.05) is 17.7 Å². The molecule has 0 unspecified atom stereocenters. The molecule has 0 aliphatic heterocycles. The summed E-state index contributed by atoms with van der Waals surface area (Å²) in [6.45, 7) is 0. The first-order valence-corrected chi connectivity index (χ1v) is 4.61. The summed E-state index contributed by atoms with van der Waals surface area (Å²) in [5.41, 5.74) is 0.328. The van der Waals surface area contributed by atoms with Gasteiger partial charge in [0.05, 0.1) is 11.1 Å². The Labute approximate surface area is 94.9 Å². The maximum Gasteiger partial charge on any atom is 0.353 e. The van der Waals surface area contributed by atoms with Gasteiger partial charge in [0.15, 0.2) is 0 Å². The molecule has 0 atom stereocenters. The molecule has 86 valence electrons. The van der Waals surface area contributed by atoms with Gasteiger partial charge < -0.3 is 10.1 Å². The lowest BCUT2D eigenvalue weighted by molar-refractivity contribution is -0.384. The van der Waals surface area contributed by atoms with Gasteiger partial charge in [-0.15, -0.1) is 0 Å². The van der Waals surface area contributed by atoms with E-state index in [-0.39, 0.29) is 17.2 Å². The van der Waals surface area contributed by atoms with Crippen LogP contribution in [0.3, 0.4) is 0 Å². The third-order valence-electron chi connectivity index (χ3n) is 2.14. The van der Waals surface area contributed by atoms with E-state index >= 15 is 0 Å². The predicted molar refractivity (Wildman–Crippen MR) is 57.6 cm³/mol. The molecule has 1 aromatic heterocycles. The normalized spacial score (nSPS) is 10.1. The second-order valence-corrected chi connectivity index (χ2v) is 3.26. The van der Waals surface area contributed by atoms with E-state index in [2.05, 4.69) is 9.97 Å². The third kappa shape index (κ3) is 2.12. The number of hydrogen-bond donors (Lipinski definition) is 2. The van der Waals surface area contributed by atoms with E-state index in [1.54, 1.807) is 6.07 Å². The quantitative estimate of drug-likeness (QED) is 0.619. The van der Waals surface area contributed by atoms with E-state index in [9.17, 15) is 14.9 Å². The van der Waals surface area contributed by atoms with E-state index < -0.39 is 10.9 Å². The molecule has 0 saturated carbocycles. The van der Waals surface area contributed by atoms with E-state index in [1.165, 1.54) is 18.2 Å². The van der Waals surface area contributed by atoms with Crippen LogP contribution in [0.15, 0.2) is 30.5 Å². The second kappa shape index (κ2) is 4.05. The smallest absolute Gasteiger partial charge is 0.353 e. The number of H-pyrrole nitrogens is 1. The van der Waals surface area contributed by atoms with Crippen LogP contribution < -0.4 is 0 Å². The predicted octanol–water partition coefficient (Wildman–Crippen LogP) is 1.68. The number of non-ortho nitro benzene ring substituents is 1. The standard InChI is InChI=1S/C10H7N3O4/c14-10(15)8-5-11-9(12-8)6-2-1-3-7(4-6)13(16)17/h1-5H,(H,11,12)(H,14,15). The van der Waals surface area contributed by atoms with Crippen molar-refractivity contribution in [1.82, 2.24) is 9.97 Å². The van der Waals surface area contributed by atoms with Gasteiger partial charge >= 0.3 is 5.97 Å². The molecule has 7 heteroatoms. The Hall–Kier alpha value is -2.70. The molecule has 0 fully saturated rings. The highest BCUT2D eigenvalue weighted by Crippen LogP contribution is 2.21. The number of nitro groups is 1. The number of rotatable bonds is 3. The number of carboxylic acid groups (broad SMARTS) is 1. The minimum Gasteiger partial charge on any atom is -0.477 e. The van der Waals surface area contributed by atoms with Crippen LogP contribution in [0.25, 0.3) is 11.4 Å². The molecule has 2 aromatic rings. The van der Waals surface area contributed by atoms with Gasteiger partial charge in [-0.1, -0.05) is 12.1 Å². The minimum atomic E-state index is -1.13. The third-order valence-corrected chi connectivity index (χ3v) is 2.14. The first kappa shape index (κ1) is 10.8. The number of hydrogen-bond acceptors (Lipinski definition) is 4. The summed E-state index contributed by atoms with van der Waals surface area (Å²) in [5.74, 6) is -0.847. The van der Waals surface area contributed by atoms with Crippen molar-refractivity contribution in [3.8, 4) is 11.4 Å². The van der Waals surface area contributed by atoms with Gasteiger partial charge in [0.2, 0.25) is 0 Å². The monoisotopic (exact) mass is 233 g/mol. The Balaban J connectivity index is 2.42. The molecule has 0 bridgehead atoms. The highest BCUT2D eigenvalue weighted by molar-refractivity contribution is 5.85. The van der Waals surface area contributed by atoms with Crippen LogP contribution in [0.5, 0.6) is 0 Å². The fourth-order valence-corrected chi connectivity index (χ4v) is 1.34. The summed E-state index contributed by atoms with van der Waals surface area (Å²) < 4.78 is 0. The number of nitro benzene ring substituents is 1. The zero-order valence-electron chi connectivity index (χ0n) is 8.45. The molecule has 0 radical (unpaired) electrons. The van der Waals surface area contributed by atoms with E-state index in [0.29, 0.717) is 5.56 Å². The van der Waals surface area contributed by atoms with Crippen molar-refractivity contribution in [2.45, 2.75) is 0 Å².